The summed E-state index contributed by atoms with van der Waals surface area (Å²) in [6.45, 7) is 2.05. The number of nitrogens with one attached hydrogen (secondary N) is 2. The van der Waals surface area contributed by atoms with E-state index in [1.165, 1.54) is 24.2 Å². The molecule has 0 aromatic carbocycles. The van der Waals surface area contributed by atoms with Gasteiger partial charge < -0.3 is 10.6 Å². The Kier molecular flexibility index (Phi) is 3.56. The quantitative estimate of drug-likeness (QED) is 0.828. The van der Waals surface area contributed by atoms with Gasteiger partial charge in [0.05, 0.1) is 5.69 Å². The van der Waals surface area contributed by atoms with Crippen LogP contribution in [-0.2, 0) is 4.79 Å². The first kappa shape index (κ1) is 11.5. The number of hydrogen-bond acceptors (Lipinski definition) is 4. The minimum Gasteiger partial charge on any atom is -0.312 e. The third kappa shape index (κ3) is 3.02. The number of carbonyl (C=O) groups is 1. The maximum absolute atomic E-state index is 11.6. The molecule has 0 saturated heterocycles. The summed E-state index contributed by atoms with van der Waals surface area (Å²) in [5.41, 5.74) is 0.981. The Morgan fingerprint density at radius 3 is 3.06 bits per heavy atom. The van der Waals surface area contributed by atoms with Crippen molar-refractivity contribution in [3.8, 4) is 0 Å². The first-order valence-electron chi connectivity index (χ1n) is 5.61. The predicted molar refractivity (Wildman–Crippen MR) is 65.6 cm³/mol. The molecule has 1 aromatic rings. The van der Waals surface area contributed by atoms with Crippen LogP contribution in [0.15, 0.2) is 5.38 Å². The van der Waals surface area contributed by atoms with Crippen molar-refractivity contribution in [2.75, 3.05) is 12.4 Å². The Labute approximate surface area is 99.5 Å². The highest BCUT2D eigenvalue weighted by Crippen LogP contribution is 2.32. The molecule has 1 unspecified atom stereocenters. The molecule has 4 nitrogen and oxygen atoms in total. The number of aromatic nitrogens is 1. The lowest BCUT2D eigenvalue weighted by Gasteiger charge is -2.05. The zero-order valence-electron chi connectivity index (χ0n) is 9.62. The first-order chi connectivity index (χ1) is 7.69. The Hall–Kier alpha value is -0.940. The SMILES string of the molecule is CNC(C)c1csc(NC(=O)CC2CC2)n1. The lowest BCUT2D eigenvalue weighted by Crippen LogP contribution is -2.14. The number of anilines is 1. The molecule has 0 radical (unpaired) electrons. The summed E-state index contributed by atoms with van der Waals surface area (Å²) in [6, 6.07) is 0.227. The van der Waals surface area contributed by atoms with Gasteiger partial charge in [-0.15, -0.1) is 11.3 Å². The lowest BCUT2D eigenvalue weighted by atomic mass is 10.3. The number of carbonyl (C=O) groups excluding carboxylic acids is 1. The fourth-order valence-corrected chi connectivity index (χ4v) is 2.26. The molecule has 5 heteroatoms. The van der Waals surface area contributed by atoms with Crippen LogP contribution in [-0.4, -0.2) is 17.9 Å². The van der Waals surface area contributed by atoms with E-state index in [4.69, 9.17) is 0 Å². The molecular weight excluding hydrogens is 222 g/mol. The molecule has 0 aliphatic heterocycles. The van der Waals surface area contributed by atoms with Crippen LogP contribution in [0.3, 0.4) is 0 Å². The summed E-state index contributed by atoms with van der Waals surface area (Å²) < 4.78 is 0. The molecule has 1 heterocycles. The van der Waals surface area contributed by atoms with Crippen LogP contribution < -0.4 is 10.6 Å². The van der Waals surface area contributed by atoms with Gasteiger partial charge in [-0.25, -0.2) is 4.98 Å². The van der Waals surface area contributed by atoms with Gasteiger partial charge in [-0.3, -0.25) is 4.79 Å². The van der Waals surface area contributed by atoms with Gasteiger partial charge in [-0.2, -0.15) is 0 Å². The molecule has 0 bridgehead atoms. The van der Waals surface area contributed by atoms with Crippen LogP contribution in [0.5, 0.6) is 0 Å². The Morgan fingerprint density at radius 2 is 2.44 bits per heavy atom. The van der Waals surface area contributed by atoms with Gasteiger partial charge in [0, 0.05) is 17.8 Å². The highest BCUT2D eigenvalue weighted by molar-refractivity contribution is 7.13. The van der Waals surface area contributed by atoms with E-state index in [-0.39, 0.29) is 11.9 Å². The van der Waals surface area contributed by atoms with E-state index in [2.05, 4.69) is 15.6 Å². The normalized spacial score (nSPS) is 17.1. The Morgan fingerprint density at radius 1 is 1.69 bits per heavy atom. The molecule has 2 rings (SSSR count). The van der Waals surface area contributed by atoms with Gasteiger partial charge in [0.1, 0.15) is 0 Å². The van der Waals surface area contributed by atoms with Gasteiger partial charge in [0.2, 0.25) is 5.91 Å². The second-order valence-corrected chi connectivity index (χ2v) is 5.14. The van der Waals surface area contributed by atoms with E-state index < -0.39 is 0 Å². The molecule has 0 spiro atoms. The van der Waals surface area contributed by atoms with Gasteiger partial charge in [0.25, 0.3) is 0 Å². The van der Waals surface area contributed by atoms with Crippen molar-refractivity contribution in [3.63, 3.8) is 0 Å². The lowest BCUT2D eigenvalue weighted by molar-refractivity contribution is -0.116. The van der Waals surface area contributed by atoms with Crippen molar-refractivity contribution >= 4 is 22.4 Å². The minimum atomic E-state index is 0.0977. The molecule has 1 fully saturated rings. The summed E-state index contributed by atoms with van der Waals surface area (Å²) in [6.07, 6.45) is 3.05. The van der Waals surface area contributed by atoms with Gasteiger partial charge in [0.15, 0.2) is 5.13 Å². The van der Waals surface area contributed by atoms with E-state index >= 15 is 0 Å². The summed E-state index contributed by atoms with van der Waals surface area (Å²) >= 11 is 1.49. The second kappa shape index (κ2) is 4.93. The monoisotopic (exact) mass is 239 g/mol. The fourth-order valence-electron chi connectivity index (χ4n) is 1.44. The average molecular weight is 239 g/mol. The van der Waals surface area contributed by atoms with Crippen molar-refractivity contribution < 1.29 is 4.79 Å². The Bertz CT molecular complexity index is 373. The van der Waals surface area contributed by atoms with E-state index in [1.807, 2.05) is 19.4 Å². The maximum Gasteiger partial charge on any atom is 0.226 e. The Balaban J connectivity index is 1.88. The van der Waals surface area contributed by atoms with Crippen molar-refractivity contribution in [1.29, 1.82) is 0 Å². The topological polar surface area (TPSA) is 54.0 Å². The van der Waals surface area contributed by atoms with Crippen LogP contribution >= 0.6 is 11.3 Å². The van der Waals surface area contributed by atoms with E-state index in [0.717, 1.165) is 5.69 Å². The van der Waals surface area contributed by atoms with Crippen molar-refractivity contribution in [2.45, 2.75) is 32.2 Å². The van der Waals surface area contributed by atoms with Gasteiger partial charge in [-0.05, 0) is 32.7 Å². The van der Waals surface area contributed by atoms with Crippen LogP contribution in [0.4, 0.5) is 5.13 Å². The molecule has 1 aromatic heterocycles. The summed E-state index contributed by atoms with van der Waals surface area (Å²) in [7, 11) is 1.90. The number of rotatable bonds is 5. The summed E-state index contributed by atoms with van der Waals surface area (Å²) in [5, 5.41) is 8.67. The molecule has 1 amide bonds. The summed E-state index contributed by atoms with van der Waals surface area (Å²) in [4.78, 5) is 15.9. The molecule has 16 heavy (non-hydrogen) atoms. The molecule has 1 atom stereocenters. The van der Waals surface area contributed by atoms with Crippen molar-refractivity contribution in [1.82, 2.24) is 10.3 Å². The smallest absolute Gasteiger partial charge is 0.226 e. The minimum absolute atomic E-state index is 0.0977. The highest BCUT2D eigenvalue weighted by Gasteiger charge is 2.24. The molecule has 1 aliphatic carbocycles. The molecule has 2 N–H and O–H groups in total. The van der Waals surface area contributed by atoms with Crippen LogP contribution in [0, 0.1) is 5.92 Å². The zero-order chi connectivity index (χ0) is 11.5. The van der Waals surface area contributed by atoms with Crippen molar-refractivity contribution in [3.05, 3.63) is 11.1 Å². The van der Waals surface area contributed by atoms with Crippen LogP contribution in [0.25, 0.3) is 0 Å². The van der Waals surface area contributed by atoms with Gasteiger partial charge >= 0.3 is 0 Å². The highest BCUT2D eigenvalue weighted by atomic mass is 32.1. The number of hydrogen-bond donors (Lipinski definition) is 2. The summed E-state index contributed by atoms with van der Waals surface area (Å²) in [5.74, 6) is 0.719. The zero-order valence-corrected chi connectivity index (χ0v) is 10.4. The van der Waals surface area contributed by atoms with E-state index in [9.17, 15) is 4.79 Å². The molecule has 88 valence electrons. The largest absolute Gasteiger partial charge is 0.312 e. The fraction of sp³-hybridized carbons (Fsp3) is 0.636. The first-order valence-corrected chi connectivity index (χ1v) is 6.49. The average Bonchev–Trinajstić information content (AvgIpc) is 2.94. The third-order valence-electron chi connectivity index (χ3n) is 2.82. The molecule has 1 aliphatic rings. The standard InChI is InChI=1S/C11H17N3OS/c1-7(12-2)9-6-16-11(13-9)14-10(15)5-8-3-4-8/h6-8,12H,3-5H2,1-2H3,(H,13,14,15). The van der Waals surface area contributed by atoms with Crippen LogP contribution in [0.1, 0.15) is 37.9 Å². The number of amides is 1. The van der Waals surface area contributed by atoms with E-state index in [1.54, 1.807) is 0 Å². The molecular formula is C11H17N3OS. The predicted octanol–water partition coefficient (Wildman–Crippen LogP) is 2.16. The molecule has 1 saturated carbocycles. The van der Waals surface area contributed by atoms with Gasteiger partial charge in [-0.1, -0.05) is 0 Å². The second-order valence-electron chi connectivity index (χ2n) is 4.28. The van der Waals surface area contributed by atoms with Crippen LogP contribution in [0.2, 0.25) is 0 Å². The van der Waals surface area contributed by atoms with Crippen molar-refractivity contribution in [2.24, 2.45) is 5.92 Å². The maximum atomic E-state index is 11.6. The number of nitrogens with zero attached hydrogens (tertiary/aromatic N) is 1. The number of thiazole rings is 1. The van der Waals surface area contributed by atoms with E-state index in [0.29, 0.717) is 17.5 Å². The third-order valence-corrected chi connectivity index (χ3v) is 3.59.